The van der Waals surface area contributed by atoms with E-state index in [1.165, 1.54) is 12.3 Å². The normalized spacial score (nSPS) is 23.7. The van der Waals surface area contributed by atoms with E-state index in [0.717, 1.165) is 6.42 Å². The first kappa shape index (κ1) is 10.7. The summed E-state index contributed by atoms with van der Waals surface area (Å²) >= 11 is 11.5. The summed E-state index contributed by atoms with van der Waals surface area (Å²) < 4.78 is 0. The highest BCUT2D eigenvalue weighted by atomic mass is 35.5. The van der Waals surface area contributed by atoms with Gasteiger partial charge in [-0.05, 0) is 18.4 Å². The molecule has 1 amide bonds. The molecule has 0 saturated heterocycles. The van der Waals surface area contributed by atoms with Gasteiger partial charge in [0, 0.05) is 12.2 Å². The van der Waals surface area contributed by atoms with Crippen LogP contribution in [0.5, 0.6) is 0 Å². The lowest BCUT2D eigenvalue weighted by Crippen LogP contribution is -2.26. The Bertz CT molecular complexity index is 408. The molecule has 1 aliphatic rings. The van der Waals surface area contributed by atoms with Gasteiger partial charge in [-0.25, -0.2) is 4.98 Å². The van der Waals surface area contributed by atoms with Crippen molar-refractivity contribution in [3.8, 4) is 0 Å². The van der Waals surface area contributed by atoms with E-state index in [1.54, 1.807) is 0 Å². The van der Waals surface area contributed by atoms with E-state index in [2.05, 4.69) is 17.2 Å². The molecule has 1 heterocycles. The Labute approximate surface area is 97.8 Å². The standard InChI is InChI=1S/C10H10Cl2N2O/c1-5-2-8(5)14-10(15)6-3-9(12)13-4-7(6)11/h3-5,8H,2H2,1H3,(H,14,15). The first-order valence-electron chi connectivity index (χ1n) is 4.70. The Balaban J connectivity index is 2.14. The van der Waals surface area contributed by atoms with Crippen molar-refractivity contribution >= 4 is 29.1 Å². The number of nitrogens with zero attached hydrogens (tertiary/aromatic N) is 1. The van der Waals surface area contributed by atoms with Crippen molar-refractivity contribution in [1.82, 2.24) is 10.3 Å². The van der Waals surface area contributed by atoms with Crippen LogP contribution in [0.25, 0.3) is 0 Å². The van der Waals surface area contributed by atoms with Gasteiger partial charge in [0.2, 0.25) is 0 Å². The van der Waals surface area contributed by atoms with Gasteiger partial charge in [0.1, 0.15) is 5.15 Å². The van der Waals surface area contributed by atoms with Crippen molar-refractivity contribution in [3.63, 3.8) is 0 Å². The van der Waals surface area contributed by atoms with Crippen LogP contribution in [0.15, 0.2) is 12.3 Å². The van der Waals surface area contributed by atoms with Crippen molar-refractivity contribution in [3.05, 3.63) is 28.0 Å². The third kappa shape index (κ3) is 2.41. The van der Waals surface area contributed by atoms with E-state index in [9.17, 15) is 4.79 Å². The predicted octanol–water partition coefficient (Wildman–Crippen LogP) is 2.53. The molecule has 0 radical (unpaired) electrons. The molecular weight excluding hydrogens is 235 g/mol. The van der Waals surface area contributed by atoms with Gasteiger partial charge in [-0.3, -0.25) is 4.79 Å². The van der Waals surface area contributed by atoms with Crippen LogP contribution in [0.4, 0.5) is 0 Å². The van der Waals surface area contributed by atoms with Crippen LogP contribution in [0, 0.1) is 5.92 Å². The lowest BCUT2D eigenvalue weighted by molar-refractivity contribution is 0.0949. The summed E-state index contributed by atoms with van der Waals surface area (Å²) in [5.41, 5.74) is 0.385. The minimum atomic E-state index is -0.182. The average Bonchev–Trinajstić information content (AvgIpc) is 2.86. The molecular formula is C10H10Cl2N2O. The van der Waals surface area contributed by atoms with Crippen LogP contribution in [0.3, 0.4) is 0 Å². The lowest BCUT2D eigenvalue weighted by atomic mass is 10.2. The molecule has 80 valence electrons. The molecule has 0 aliphatic heterocycles. The fourth-order valence-corrected chi connectivity index (χ4v) is 1.70. The van der Waals surface area contributed by atoms with Crippen LogP contribution in [-0.4, -0.2) is 16.9 Å². The molecule has 0 spiro atoms. The molecule has 1 aliphatic carbocycles. The summed E-state index contributed by atoms with van der Waals surface area (Å²) in [5, 5.41) is 3.47. The number of rotatable bonds is 2. The number of carbonyl (C=O) groups is 1. The first-order chi connectivity index (χ1) is 7.08. The monoisotopic (exact) mass is 244 g/mol. The molecule has 0 aromatic carbocycles. The third-order valence-electron chi connectivity index (χ3n) is 2.49. The van der Waals surface area contributed by atoms with Crippen molar-refractivity contribution in [1.29, 1.82) is 0 Å². The second-order valence-electron chi connectivity index (χ2n) is 3.78. The van der Waals surface area contributed by atoms with Crippen molar-refractivity contribution in [2.24, 2.45) is 5.92 Å². The topological polar surface area (TPSA) is 42.0 Å². The molecule has 1 saturated carbocycles. The summed E-state index contributed by atoms with van der Waals surface area (Å²) in [6.07, 6.45) is 2.41. The molecule has 2 atom stereocenters. The van der Waals surface area contributed by atoms with Gasteiger partial charge < -0.3 is 5.32 Å². The fraction of sp³-hybridized carbons (Fsp3) is 0.400. The molecule has 1 N–H and O–H groups in total. The van der Waals surface area contributed by atoms with E-state index < -0.39 is 0 Å². The minimum absolute atomic E-state index is 0.182. The molecule has 5 heteroatoms. The van der Waals surface area contributed by atoms with Crippen LogP contribution < -0.4 is 5.32 Å². The van der Waals surface area contributed by atoms with E-state index in [0.29, 0.717) is 16.5 Å². The molecule has 1 aromatic heterocycles. The zero-order chi connectivity index (χ0) is 11.0. The number of hydrogen-bond donors (Lipinski definition) is 1. The molecule has 1 fully saturated rings. The average molecular weight is 245 g/mol. The first-order valence-corrected chi connectivity index (χ1v) is 5.45. The Morgan fingerprint density at radius 3 is 2.87 bits per heavy atom. The fourth-order valence-electron chi connectivity index (χ4n) is 1.36. The number of nitrogens with one attached hydrogen (secondary N) is 1. The summed E-state index contributed by atoms with van der Waals surface area (Å²) in [6.45, 7) is 2.09. The number of aromatic nitrogens is 1. The van der Waals surface area contributed by atoms with Gasteiger partial charge in [-0.2, -0.15) is 0 Å². The minimum Gasteiger partial charge on any atom is -0.349 e. The van der Waals surface area contributed by atoms with Gasteiger partial charge in [0.25, 0.3) is 5.91 Å². The number of amides is 1. The second kappa shape index (κ2) is 3.99. The van der Waals surface area contributed by atoms with Gasteiger partial charge in [0.15, 0.2) is 0 Å². The molecule has 15 heavy (non-hydrogen) atoms. The SMILES string of the molecule is CC1CC1NC(=O)c1cc(Cl)ncc1Cl. The molecule has 0 bridgehead atoms. The maximum Gasteiger partial charge on any atom is 0.253 e. The quantitative estimate of drug-likeness (QED) is 0.813. The Hall–Kier alpha value is -0.800. The smallest absolute Gasteiger partial charge is 0.253 e. The van der Waals surface area contributed by atoms with E-state index in [4.69, 9.17) is 23.2 Å². The second-order valence-corrected chi connectivity index (χ2v) is 4.57. The van der Waals surface area contributed by atoms with Crippen LogP contribution in [-0.2, 0) is 0 Å². The van der Waals surface area contributed by atoms with E-state index in [1.807, 2.05) is 0 Å². The van der Waals surface area contributed by atoms with Gasteiger partial charge >= 0.3 is 0 Å². The summed E-state index contributed by atoms with van der Waals surface area (Å²) in [6, 6.07) is 1.76. The molecule has 1 aromatic rings. The van der Waals surface area contributed by atoms with E-state index in [-0.39, 0.29) is 17.1 Å². The Morgan fingerprint density at radius 2 is 2.27 bits per heavy atom. The maximum absolute atomic E-state index is 11.7. The van der Waals surface area contributed by atoms with Gasteiger partial charge in [-0.15, -0.1) is 0 Å². The zero-order valence-corrected chi connectivity index (χ0v) is 9.64. The van der Waals surface area contributed by atoms with Gasteiger partial charge in [-0.1, -0.05) is 30.1 Å². The number of carbonyl (C=O) groups excluding carboxylic acids is 1. The van der Waals surface area contributed by atoms with E-state index >= 15 is 0 Å². The van der Waals surface area contributed by atoms with Gasteiger partial charge in [0.05, 0.1) is 10.6 Å². The number of hydrogen-bond acceptors (Lipinski definition) is 2. The summed E-state index contributed by atoms with van der Waals surface area (Å²) in [5.74, 6) is 0.378. The lowest BCUT2D eigenvalue weighted by Gasteiger charge is -2.05. The highest BCUT2D eigenvalue weighted by Gasteiger charge is 2.34. The maximum atomic E-state index is 11.7. The van der Waals surface area contributed by atoms with Crippen LogP contribution in [0.1, 0.15) is 23.7 Å². The number of halogens is 2. The molecule has 3 nitrogen and oxygen atoms in total. The summed E-state index contributed by atoms with van der Waals surface area (Å²) in [4.78, 5) is 15.5. The number of pyridine rings is 1. The molecule has 2 unspecified atom stereocenters. The van der Waals surface area contributed by atoms with Crippen LogP contribution >= 0.6 is 23.2 Å². The molecule has 2 rings (SSSR count). The van der Waals surface area contributed by atoms with Crippen molar-refractivity contribution in [2.75, 3.05) is 0 Å². The zero-order valence-electron chi connectivity index (χ0n) is 8.13. The Kier molecular flexibility index (Phi) is 2.85. The largest absolute Gasteiger partial charge is 0.349 e. The van der Waals surface area contributed by atoms with Crippen molar-refractivity contribution < 1.29 is 4.79 Å². The van der Waals surface area contributed by atoms with Crippen LogP contribution in [0.2, 0.25) is 10.2 Å². The predicted molar refractivity (Wildman–Crippen MR) is 59.3 cm³/mol. The third-order valence-corrected chi connectivity index (χ3v) is 3.00. The highest BCUT2D eigenvalue weighted by Crippen LogP contribution is 2.29. The summed E-state index contributed by atoms with van der Waals surface area (Å²) in [7, 11) is 0. The highest BCUT2D eigenvalue weighted by molar-refractivity contribution is 6.35. The Morgan fingerprint density at radius 1 is 1.60 bits per heavy atom. The van der Waals surface area contributed by atoms with Crippen molar-refractivity contribution in [2.45, 2.75) is 19.4 Å².